The first-order valence-electron chi connectivity index (χ1n) is 5.67. The summed E-state index contributed by atoms with van der Waals surface area (Å²) in [6, 6.07) is 8.87. The molecule has 0 spiro atoms. The summed E-state index contributed by atoms with van der Waals surface area (Å²) in [6.07, 6.45) is 0. The molecule has 2 aromatic heterocycles. The van der Waals surface area contributed by atoms with Crippen molar-refractivity contribution < 1.29 is 9.26 Å². The van der Waals surface area contributed by atoms with Crippen LogP contribution in [0.5, 0.6) is 5.75 Å². The van der Waals surface area contributed by atoms with Crippen LogP contribution in [0.4, 0.5) is 0 Å². The van der Waals surface area contributed by atoms with Gasteiger partial charge in [-0.05, 0) is 29.6 Å². The second-order valence-electron chi connectivity index (χ2n) is 3.85. The maximum atomic E-state index is 6.01. The first-order valence-corrected chi connectivity index (χ1v) is 7.30. The normalized spacial score (nSPS) is 10.7. The van der Waals surface area contributed by atoms with Gasteiger partial charge in [0.05, 0.1) is 9.90 Å². The molecular formula is C13H8Cl2N2O2S. The topological polar surface area (TPSA) is 48.2 Å². The molecular weight excluding hydrogens is 319 g/mol. The molecule has 4 nitrogen and oxygen atoms in total. The molecule has 3 aromatic rings. The zero-order chi connectivity index (χ0) is 13.9. The highest BCUT2D eigenvalue weighted by Gasteiger charge is 2.10. The van der Waals surface area contributed by atoms with Crippen LogP contribution in [0.15, 0.2) is 40.2 Å². The summed E-state index contributed by atoms with van der Waals surface area (Å²) in [4.78, 5) is 5.20. The van der Waals surface area contributed by atoms with E-state index < -0.39 is 0 Å². The van der Waals surface area contributed by atoms with Crippen molar-refractivity contribution in [3.8, 4) is 16.5 Å². The molecule has 0 aliphatic rings. The van der Waals surface area contributed by atoms with Crippen molar-refractivity contribution in [3.05, 3.63) is 51.6 Å². The fourth-order valence-electron chi connectivity index (χ4n) is 1.55. The number of rotatable bonds is 4. The van der Waals surface area contributed by atoms with E-state index in [0.717, 1.165) is 4.88 Å². The Morgan fingerprint density at radius 1 is 1.25 bits per heavy atom. The van der Waals surface area contributed by atoms with E-state index in [9.17, 15) is 0 Å². The summed E-state index contributed by atoms with van der Waals surface area (Å²) in [5.74, 6) is 1.46. The molecule has 102 valence electrons. The molecule has 0 unspecified atom stereocenters. The molecule has 0 bridgehead atoms. The van der Waals surface area contributed by atoms with Crippen molar-refractivity contribution in [2.75, 3.05) is 0 Å². The van der Waals surface area contributed by atoms with Gasteiger partial charge in [0.1, 0.15) is 5.75 Å². The van der Waals surface area contributed by atoms with E-state index in [-0.39, 0.29) is 6.61 Å². The second kappa shape index (κ2) is 5.83. The van der Waals surface area contributed by atoms with E-state index in [1.54, 1.807) is 29.5 Å². The third-order valence-electron chi connectivity index (χ3n) is 2.45. The minimum absolute atomic E-state index is 0.153. The molecule has 20 heavy (non-hydrogen) atoms. The zero-order valence-corrected chi connectivity index (χ0v) is 12.4. The Labute approximate surface area is 128 Å². The fraction of sp³-hybridized carbons (Fsp3) is 0.0769. The van der Waals surface area contributed by atoms with Crippen molar-refractivity contribution in [2.45, 2.75) is 6.61 Å². The predicted octanol–water partition coefficient (Wildman–Crippen LogP) is 4.68. The number of ether oxygens (including phenoxy) is 1. The van der Waals surface area contributed by atoms with E-state index in [1.807, 2.05) is 17.5 Å². The summed E-state index contributed by atoms with van der Waals surface area (Å²) in [6.45, 7) is 0.153. The molecule has 0 aliphatic heterocycles. The number of halogens is 2. The Bertz CT molecular complexity index is 713. The van der Waals surface area contributed by atoms with Gasteiger partial charge in [-0.2, -0.15) is 4.98 Å². The molecule has 0 saturated heterocycles. The van der Waals surface area contributed by atoms with E-state index in [0.29, 0.717) is 27.5 Å². The highest BCUT2D eigenvalue weighted by atomic mass is 35.5. The molecule has 0 radical (unpaired) electrons. The quantitative estimate of drug-likeness (QED) is 0.698. The third kappa shape index (κ3) is 2.95. The van der Waals surface area contributed by atoms with Crippen LogP contribution < -0.4 is 4.74 Å². The van der Waals surface area contributed by atoms with Crippen LogP contribution in [0.2, 0.25) is 10.0 Å². The van der Waals surface area contributed by atoms with Crippen LogP contribution in [-0.4, -0.2) is 10.1 Å². The Morgan fingerprint density at radius 2 is 2.15 bits per heavy atom. The van der Waals surface area contributed by atoms with Gasteiger partial charge in [-0.25, -0.2) is 0 Å². The Kier molecular flexibility index (Phi) is 3.91. The van der Waals surface area contributed by atoms with E-state index in [4.69, 9.17) is 32.5 Å². The molecule has 7 heteroatoms. The minimum Gasteiger partial charge on any atom is -0.482 e. The zero-order valence-electron chi connectivity index (χ0n) is 10.0. The number of aromatic nitrogens is 2. The van der Waals surface area contributed by atoms with Crippen molar-refractivity contribution in [1.29, 1.82) is 0 Å². The number of hydrogen-bond acceptors (Lipinski definition) is 5. The van der Waals surface area contributed by atoms with Gasteiger partial charge >= 0.3 is 0 Å². The number of nitrogens with zero attached hydrogens (tertiary/aromatic N) is 2. The van der Waals surface area contributed by atoms with Crippen LogP contribution in [0.25, 0.3) is 10.7 Å². The van der Waals surface area contributed by atoms with E-state index in [2.05, 4.69) is 10.1 Å². The molecule has 0 N–H and O–H groups in total. The Balaban J connectivity index is 1.70. The standard InChI is InChI=1S/C13H8Cl2N2O2S/c14-8-3-4-10(9(15)6-8)18-7-12-16-13(17-19-12)11-2-1-5-20-11/h1-6H,7H2. The van der Waals surface area contributed by atoms with Crippen molar-refractivity contribution >= 4 is 34.5 Å². The first-order chi connectivity index (χ1) is 9.72. The summed E-state index contributed by atoms with van der Waals surface area (Å²) >= 11 is 13.4. The van der Waals surface area contributed by atoms with Crippen LogP contribution in [0, 0.1) is 0 Å². The van der Waals surface area contributed by atoms with Gasteiger partial charge in [0.15, 0.2) is 6.61 Å². The van der Waals surface area contributed by atoms with Crippen LogP contribution in [0.3, 0.4) is 0 Å². The van der Waals surface area contributed by atoms with Crippen molar-refractivity contribution in [1.82, 2.24) is 10.1 Å². The van der Waals surface area contributed by atoms with Crippen LogP contribution in [0.1, 0.15) is 5.89 Å². The number of thiophene rings is 1. The number of hydrogen-bond donors (Lipinski definition) is 0. The SMILES string of the molecule is Clc1ccc(OCc2nc(-c3cccs3)no2)c(Cl)c1. The highest BCUT2D eigenvalue weighted by Crippen LogP contribution is 2.28. The lowest BCUT2D eigenvalue weighted by atomic mass is 10.3. The highest BCUT2D eigenvalue weighted by molar-refractivity contribution is 7.13. The summed E-state index contributed by atoms with van der Waals surface area (Å²) < 4.78 is 10.7. The summed E-state index contributed by atoms with van der Waals surface area (Å²) in [5.41, 5.74) is 0. The molecule has 0 saturated carbocycles. The third-order valence-corrected chi connectivity index (χ3v) is 3.85. The lowest BCUT2D eigenvalue weighted by molar-refractivity contribution is 0.243. The largest absolute Gasteiger partial charge is 0.482 e. The maximum Gasteiger partial charge on any atom is 0.264 e. The van der Waals surface area contributed by atoms with Gasteiger partial charge in [0.2, 0.25) is 5.82 Å². The van der Waals surface area contributed by atoms with Gasteiger partial charge in [-0.15, -0.1) is 11.3 Å². The molecule has 3 rings (SSSR count). The molecule has 2 heterocycles. The van der Waals surface area contributed by atoms with Gasteiger partial charge < -0.3 is 9.26 Å². The average molecular weight is 327 g/mol. The second-order valence-corrected chi connectivity index (χ2v) is 5.64. The molecule has 0 atom stereocenters. The van der Waals surface area contributed by atoms with Gasteiger partial charge in [0.25, 0.3) is 5.89 Å². The summed E-state index contributed by atoms with van der Waals surface area (Å²) in [5, 5.41) is 6.85. The van der Waals surface area contributed by atoms with Crippen molar-refractivity contribution in [3.63, 3.8) is 0 Å². The Hall–Kier alpha value is -1.56. The van der Waals surface area contributed by atoms with Gasteiger partial charge in [-0.1, -0.05) is 34.4 Å². The van der Waals surface area contributed by atoms with Crippen LogP contribution >= 0.6 is 34.5 Å². The van der Waals surface area contributed by atoms with Crippen LogP contribution in [-0.2, 0) is 6.61 Å². The maximum absolute atomic E-state index is 6.01. The smallest absolute Gasteiger partial charge is 0.264 e. The Morgan fingerprint density at radius 3 is 2.90 bits per heavy atom. The molecule has 0 fully saturated rings. The summed E-state index contributed by atoms with van der Waals surface area (Å²) in [7, 11) is 0. The lowest BCUT2D eigenvalue weighted by Gasteiger charge is -2.05. The molecule has 1 aromatic carbocycles. The number of benzene rings is 1. The lowest BCUT2D eigenvalue weighted by Crippen LogP contribution is -1.96. The van der Waals surface area contributed by atoms with E-state index in [1.165, 1.54) is 0 Å². The monoisotopic (exact) mass is 326 g/mol. The van der Waals surface area contributed by atoms with E-state index >= 15 is 0 Å². The van der Waals surface area contributed by atoms with Gasteiger partial charge in [-0.3, -0.25) is 0 Å². The predicted molar refractivity (Wildman–Crippen MR) is 78.4 cm³/mol. The first kappa shape index (κ1) is 13.4. The molecule has 0 amide bonds. The van der Waals surface area contributed by atoms with Gasteiger partial charge in [0, 0.05) is 5.02 Å². The fourth-order valence-corrected chi connectivity index (χ4v) is 2.66. The average Bonchev–Trinajstić information content (AvgIpc) is 3.08. The van der Waals surface area contributed by atoms with Crippen molar-refractivity contribution in [2.24, 2.45) is 0 Å². The molecule has 0 aliphatic carbocycles. The minimum atomic E-state index is 0.153.